The van der Waals surface area contributed by atoms with E-state index in [1.165, 1.54) is 6.07 Å². The van der Waals surface area contributed by atoms with E-state index < -0.39 is 17.5 Å². The number of hydrogen-bond donors (Lipinski definition) is 2. The molecule has 0 radical (unpaired) electrons. The maximum atomic E-state index is 13.7. The van der Waals surface area contributed by atoms with Crippen molar-refractivity contribution in [1.29, 1.82) is 0 Å². The number of nitrogens with two attached hydrogens (primary N) is 1. The Morgan fingerprint density at radius 2 is 1.76 bits per heavy atom. The van der Waals surface area contributed by atoms with Crippen molar-refractivity contribution in [3.63, 3.8) is 0 Å². The van der Waals surface area contributed by atoms with Gasteiger partial charge in [0, 0.05) is 6.07 Å². The number of fused-ring (bicyclic) bond motifs is 1. The summed E-state index contributed by atoms with van der Waals surface area (Å²) < 4.78 is 34.9. The molecule has 0 amide bonds. The highest BCUT2D eigenvalue weighted by atomic mass is 35.5. The summed E-state index contributed by atoms with van der Waals surface area (Å²) in [5.41, 5.74) is 6.37. The maximum absolute atomic E-state index is 13.7. The maximum Gasteiger partial charge on any atom is 0.169 e. The zero-order chi connectivity index (χ0) is 15.1. The summed E-state index contributed by atoms with van der Waals surface area (Å²) in [6.45, 7) is 0. The van der Waals surface area contributed by atoms with E-state index in [0.717, 1.165) is 11.4 Å². The van der Waals surface area contributed by atoms with Gasteiger partial charge >= 0.3 is 0 Å². The molecule has 1 aliphatic heterocycles. The van der Waals surface area contributed by atoms with Crippen LogP contribution in [0.25, 0.3) is 0 Å². The predicted octanol–water partition coefficient (Wildman–Crippen LogP) is 4.72. The van der Waals surface area contributed by atoms with Gasteiger partial charge < -0.3 is 11.1 Å². The van der Waals surface area contributed by atoms with Crippen LogP contribution in [-0.2, 0) is 11.4 Å². The van der Waals surface area contributed by atoms with Crippen molar-refractivity contribution in [2.24, 2.45) is 8.73 Å². The number of nitrogens with zero attached hydrogens (tertiary/aromatic N) is 3. The normalized spacial score (nSPS) is 12.2. The van der Waals surface area contributed by atoms with Crippen LogP contribution in [0.4, 0.5) is 37.5 Å². The van der Waals surface area contributed by atoms with Crippen LogP contribution in [0.15, 0.2) is 20.9 Å². The highest BCUT2D eigenvalue weighted by Gasteiger charge is 2.20. The predicted molar refractivity (Wildman–Crippen MR) is 79.9 cm³/mol. The Balaban J connectivity index is 2.10. The smallest absolute Gasteiger partial charge is 0.169 e. The van der Waals surface area contributed by atoms with E-state index >= 15 is 0 Å². The van der Waals surface area contributed by atoms with Crippen molar-refractivity contribution in [1.82, 2.24) is 4.98 Å². The van der Waals surface area contributed by atoms with Gasteiger partial charge in [0.2, 0.25) is 0 Å². The van der Waals surface area contributed by atoms with E-state index in [1.54, 1.807) is 0 Å². The molecule has 1 aromatic heterocycles. The lowest BCUT2D eigenvalue weighted by Crippen LogP contribution is -2.03. The van der Waals surface area contributed by atoms with Crippen LogP contribution in [0, 0.1) is 11.6 Å². The first-order chi connectivity index (χ1) is 9.97. The molecular weight excluding hydrogens is 343 g/mol. The second kappa shape index (κ2) is 5.21. The first kappa shape index (κ1) is 14.2. The van der Waals surface area contributed by atoms with Crippen molar-refractivity contribution in [3.05, 3.63) is 33.8 Å². The Labute approximate surface area is 131 Å². The fraction of sp³-hybridized carbons (Fsp3) is 0. The Bertz CT molecular complexity index is 836. The third-order valence-corrected chi connectivity index (χ3v) is 3.76. The number of aromatic nitrogens is 1. The first-order valence-electron chi connectivity index (χ1n) is 5.46. The van der Waals surface area contributed by atoms with Crippen LogP contribution in [0.1, 0.15) is 0 Å². The third-order valence-electron chi connectivity index (χ3n) is 2.64. The number of hydrogen-bond acceptors (Lipinski definition) is 5. The van der Waals surface area contributed by atoms with Crippen LogP contribution in [-0.4, -0.2) is 4.98 Å². The molecule has 0 spiro atoms. The topological polar surface area (TPSA) is 75.7 Å². The summed E-state index contributed by atoms with van der Waals surface area (Å²) in [5, 5.41) is 3.16. The first-order valence-corrected chi connectivity index (χ1v) is 6.95. The molecule has 108 valence electrons. The van der Waals surface area contributed by atoms with Crippen molar-refractivity contribution in [3.8, 4) is 0 Å². The van der Waals surface area contributed by atoms with Crippen LogP contribution >= 0.6 is 23.2 Å². The summed E-state index contributed by atoms with van der Waals surface area (Å²) in [7, 11) is 0. The minimum Gasteiger partial charge on any atom is -0.381 e. The average molecular weight is 348 g/mol. The molecule has 1 aliphatic rings. The van der Waals surface area contributed by atoms with Crippen molar-refractivity contribution in [2.45, 2.75) is 0 Å². The van der Waals surface area contributed by atoms with Crippen molar-refractivity contribution >= 4 is 63.3 Å². The average Bonchev–Trinajstić information content (AvgIpc) is 2.90. The number of rotatable bonds is 2. The molecule has 0 aliphatic carbocycles. The summed E-state index contributed by atoms with van der Waals surface area (Å²) >= 11 is 13.0. The van der Waals surface area contributed by atoms with E-state index in [4.69, 9.17) is 28.9 Å². The lowest BCUT2D eigenvalue weighted by atomic mass is 10.2. The summed E-state index contributed by atoms with van der Waals surface area (Å²) in [6, 6.07) is 2.07. The second-order valence-corrected chi connectivity index (χ2v) is 5.33. The zero-order valence-electron chi connectivity index (χ0n) is 9.99. The summed E-state index contributed by atoms with van der Waals surface area (Å²) in [6.07, 6.45) is 0. The number of benzene rings is 1. The van der Waals surface area contributed by atoms with Gasteiger partial charge in [-0.05, 0) is 6.07 Å². The minimum absolute atomic E-state index is 0.198. The summed E-state index contributed by atoms with van der Waals surface area (Å²) in [5.74, 6) is -2.56. The molecular formula is C11H5Cl2F2N5S. The Kier molecular flexibility index (Phi) is 3.52. The van der Waals surface area contributed by atoms with Crippen LogP contribution < -0.4 is 11.1 Å². The van der Waals surface area contributed by atoms with Gasteiger partial charge in [-0.2, -0.15) is 8.73 Å². The largest absolute Gasteiger partial charge is 0.381 e. The molecule has 5 nitrogen and oxygen atoms in total. The standard InChI is InChI=1S/C11H5Cl2F2N5S/c12-3-1-4(13)8-9(20-21-19-8)7(3)17-11-6(15)2-5(14)10(16)18-11/h1-2H,(H3,16,17,18). The Hall–Kier alpha value is -1.77. The highest BCUT2D eigenvalue weighted by molar-refractivity contribution is 7.58. The number of anilines is 3. The van der Waals surface area contributed by atoms with Crippen molar-refractivity contribution < 1.29 is 8.78 Å². The van der Waals surface area contributed by atoms with E-state index in [9.17, 15) is 8.78 Å². The lowest BCUT2D eigenvalue weighted by molar-refractivity contribution is 0.581. The van der Waals surface area contributed by atoms with E-state index in [2.05, 4.69) is 19.0 Å². The number of nitrogen functional groups attached to an aromatic ring is 1. The van der Waals surface area contributed by atoms with Gasteiger partial charge in [0.15, 0.2) is 23.3 Å². The van der Waals surface area contributed by atoms with E-state index in [0.29, 0.717) is 22.5 Å². The number of nitrogens with one attached hydrogen (secondary N) is 1. The second-order valence-electron chi connectivity index (χ2n) is 3.99. The molecule has 0 saturated heterocycles. The van der Waals surface area contributed by atoms with Gasteiger partial charge in [0.1, 0.15) is 11.4 Å². The Morgan fingerprint density at radius 3 is 2.52 bits per heavy atom. The van der Waals surface area contributed by atoms with Crippen LogP contribution in [0.2, 0.25) is 10.0 Å². The summed E-state index contributed by atoms with van der Waals surface area (Å²) in [4.78, 5) is 3.60. The van der Waals surface area contributed by atoms with Gasteiger partial charge in [-0.1, -0.05) is 23.2 Å². The van der Waals surface area contributed by atoms with E-state index in [1.807, 2.05) is 0 Å². The quantitative estimate of drug-likeness (QED) is 0.704. The molecule has 1 aromatic carbocycles. The number of pyridine rings is 1. The fourth-order valence-corrected chi connectivity index (χ4v) is 2.84. The monoisotopic (exact) mass is 347 g/mol. The molecule has 0 saturated carbocycles. The molecule has 0 fully saturated rings. The molecule has 2 heterocycles. The van der Waals surface area contributed by atoms with E-state index in [-0.39, 0.29) is 16.5 Å². The van der Waals surface area contributed by atoms with Gasteiger partial charge in [0.05, 0.1) is 27.1 Å². The minimum atomic E-state index is -0.944. The SMILES string of the molecule is Nc1nc(Nc2c(Cl)cc(Cl)c3c2N=S=N3)c(F)cc1F. The highest BCUT2D eigenvalue weighted by Crippen LogP contribution is 2.48. The van der Waals surface area contributed by atoms with Gasteiger partial charge in [-0.15, -0.1) is 0 Å². The fourth-order valence-electron chi connectivity index (χ4n) is 1.68. The molecule has 21 heavy (non-hydrogen) atoms. The van der Waals surface area contributed by atoms with Gasteiger partial charge in [-0.25, -0.2) is 13.8 Å². The Morgan fingerprint density at radius 1 is 1.05 bits per heavy atom. The molecule has 10 heteroatoms. The van der Waals surface area contributed by atoms with Crippen LogP contribution in [0.5, 0.6) is 0 Å². The molecule has 0 unspecified atom stereocenters. The molecule has 0 atom stereocenters. The van der Waals surface area contributed by atoms with Gasteiger partial charge in [0.25, 0.3) is 0 Å². The zero-order valence-corrected chi connectivity index (χ0v) is 12.3. The molecule has 3 rings (SSSR count). The number of halogens is 4. The van der Waals surface area contributed by atoms with Gasteiger partial charge in [-0.3, -0.25) is 0 Å². The molecule has 3 N–H and O–H groups in total. The third kappa shape index (κ3) is 2.45. The lowest BCUT2D eigenvalue weighted by Gasteiger charge is -2.12. The molecule has 2 aromatic rings. The van der Waals surface area contributed by atoms with Crippen molar-refractivity contribution in [2.75, 3.05) is 11.1 Å². The van der Waals surface area contributed by atoms with Crippen LogP contribution in [0.3, 0.4) is 0 Å². The molecule has 0 bridgehead atoms.